The first-order chi connectivity index (χ1) is 11.2. The van der Waals surface area contributed by atoms with E-state index < -0.39 is 5.97 Å². The molecule has 1 fully saturated rings. The summed E-state index contributed by atoms with van der Waals surface area (Å²) in [5, 5.41) is 17.1. The van der Waals surface area contributed by atoms with Gasteiger partial charge < -0.3 is 14.8 Å². The summed E-state index contributed by atoms with van der Waals surface area (Å²) in [5.41, 5.74) is 1.58. The zero-order valence-corrected chi connectivity index (χ0v) is 13.3. The topological polar surface area (TPSA) is 80.5 Å². The Morgan fingerprint density at radius 3 is 2.74 bits per heavy atom. The van der Waals surface area contributed by atoms with E-state index in [4.69, 9.17) is 14.8 Å². The highest BCUT2D eigenvalue weighted by Crippen LogP contribution is 2.24. The lowest BCUT2D eigenvalue weighted by Crippen LogP contribution is -2.19. The molecular formula is C17H22N2O4. The summed E-state index contributed by atoms with van der Waals surface area (Å²) in [7, 11) is 1.51. The average Bonchev–Trinajstić information content (AvgIpc) is 2.58. The van der Waals surface area contributed by atoms with Crippen LogP contribution in [-0.2, 0) is 16.3 Å². The zero-order chi connectivity index (χ0) is 16.5. The molecule has 0 saturated heterocycles. The fraction of sp³-hybridized carbons (Fsp3) is 0.471. The maximum Gasteiger partial charge on any atom is 0.336 e. The highest BCUT2D eigenvalue weighted by Gasteiger charge is 2.19. The van der Waals surface area contributed by atoms with Crippen molar-refractivity contribution in [2.45, 2.75) is 38.7 Å². The third kappa shape index (κ3) is 5.09. The van der Waals surface area contributed by atoms with E-state index in [1.807, 2.05) is 0 Å². The second-order valence-electron chi connectivity index (χ2n) is 5.50. The predicted octanol–water partition coefficient (Wildman–Crippen LogP) is 3.47. The largest absolute Gasteiger partial charge is 0.478 e. The van der Waals surface area contributed by atoms with Crippen molar-refractivity contribution < 1.29 is 19.6 Å². The van der Waals surface area contributed by atoms with Gasteiger partial charge in [-0.05, 0) is 18.9 Å². The van der Waals surface area contributed by atoms with E-state index in [1.165, 1.54) is 26.4 Å². The van der Waals surface area contributed by atoms with E-state index in [-0.39, 0.29) is 12.2 Å². The van der Waals surface area contributed by atoms with Crippen LogP contribution in [0.1, 0.15) is 48.0 Å². The van der Waals surface area contributed by atoms with Crippen LogP contribution in [-0.4, -0.2) is 30.1 Å². The lowest BCUT2D eigenvalue weighted by atomic mass is 9.86. The van der Waals surface area contributed by atoms with Crippen LogP contribution < -0.4 is 0 Å². The Labute approximate surface area is 135 Å². The van der Waals surface area contributed by atoms with Crippen molar-refractivity contribution in [1.82, 2.24) is 0 Å². The van der Waals surface area contributed by atoms with Crippen LogP contribution in [0.3, 0.4) is 0 Å². The van der Waals surface area contributed by atoms with E-state index in [0.717, 1.165) is 18.6 Å². The summed E-state index contributed by atoms with van der Waals surface area (Å²) < 4.78 is 0. The van der Waals surface area contributed by atoms with Gasteiger partial charge in [-0.1, -0.05) is 47.8 Å². The zero-order valence-electron chi connectivity index (χ0n) is 13.3. The lowest BCUT2D eigenvalue weighted by molar-refractivity contribution is 0.0688. The van der Waals surface area contributed by atoms with Crippen molar-refractivity contribution in [2.75, 3.05) is 7.11 Å². The van der Waals surface area contributed by atoms with Gasteiger partial charge >= 0.3 is 5.97 Å². The number of carbonyl (C=O) groups is 1. The maximum absolute atomic E-state index is 11.1. The molecule has 0 aliphatic heterocycles. The van der Waals surface area contributed by atoms with Crippen LogP contribution in [0.5, 0.6) is 0 Å². The van der Waals surface area contributed by atoms with Gasteiger partial charge in [-0.3, -0.25) is 0 Å². The minimum atomic E-state index is -0.975. The molecule has 0 aromatic heterocycles. The summed E-state index contributed by atoms with van der Waals surface area (Å²) in [6, 6.07) is 6.71. The molecule has 0 spiro atoms. The number of oxime groups is 2. The maximum atomic E-state index is 11.1. The van der Waals surface area contributed by atoms with E-state index in [0.29, 0.717) is 11.5 Å². The highest BCUT2D eigenvalue weighted by molar-refractivity contribution is 6.31. The van der Waals surface area contributed by atoms with Gasteiger partial charge in [0.2, 0.25) is 0 Å². The lowest BCUT2D eigenvalue weighted by Gasteiger charge is -2.20. The minimum Gasteiger partial charge on any atom is -0.478 e. The smallest absolute Gasteiger partial charge is 0.336 e. The van der Waals surface area contributed by atoms with Crippen LogP contribution >= 0.6 is 0 Å². The summed E-state index contributed by atoms with van der Waals surface area (Å²) in [6.45, 7) is 0.101. The highest BCUT2D eigenvalue weighted by atomic mass is 16.6. The summed E-state index contributed by atoms with van der Waals surface area (Å²) >= 11 is 0. The molecule has 0 unspecified atom stereocenters. The van der Waals surface area contributed by atoms with Gasteiger partial charge in [0.25, 0.3) is 0 Å². The Bertz CT molecular complexity index is 578. The third-order valence-electron chi connectivity index (χ3n) is 3.95. The van der Waals surface area contributed by atoms with E-state index in [2.05, 4.69) is 10.3 Å². The van der Waals surface area contributed by atoms with Gasteiger partial charge in [-0.15, -0.1) is 0 Å². The van der Waals surface area contributed by atoms with Gasteiger partial charge in [0, 0.05) is 11.5 Å². The Morgan fingerprint density at radius 1 is 1.30 bits per heavy atom. The van der Waals surface area contributed by atoms with Gasteiger partial charge in [0.05, 0.1) is 11.8 Å². The molecule has 1 saturated carbocycles. The molecule has 0 amide bonds. The number of benzene rings is 1. The molecule has 124 valence electrons. The molecule has 0 atom stereocenters. The second kappa shape index (κ2) is 8.92. The third-order valence-corrected chi connectivity index (χ3v) is 3.95. The first-order valence-electron chi connectivity index (χ1n) is 7.80. The normalized spacial score (nSPS) is 16.5. The molecule has 6 heteroatoms. The number of rotatable bonds is 7. The summed E-state index contributed by atoms with van der Waals surface area (Å²) in [6.07, 6.45) is 7.37. The van der Waals surface area contributed by atoms with Gasteiger partial charge in [0.15, 0.2) is 0 Å². The molecule has 1 N–H and O–H groups in total. The number of carboxylic acid groups (broad SMARTS) is 1. The Morgan fingerprint density at radius 2 is 2.04 bits per heavy atom. The van der Waals surface area contributed by atoms with Gasteiger partial charge in [0.1, 0.15) is 19.4 Å². The molecule has 6 nitrogen and oxygen atoms in total. The summed E-state index contributed by atoms with van der Waals surface area (Å²) in [4.78, 5) is 21.3. The van der Waals surface area contributed by atoms with Crippen molar-refractivity contribution in [1.29, 1.82) is 0 Å². The molecule has 1 aromatic carbocycles. The number of hydrogen-bond donors (Lipinski definition) is 1. The van der Waals surface area contributed by atoms with Crippen molar-refractivity contribution >= 4 is 17.9 Å². The molecule has 1 aliphatic carbocycles. The Kier molecular flexibility index (Phi) is 6.59. The summed E-state index contributed by atoms with van der Waals surface area (Å²) in [5.74, 6) is -0.626. The standard InChI is InChI=1S/C17H22N2O4/c1-22-19-16(13-7-3-2-4-8-13)11-18-23-12-14-9-5-6-10-15(14)17(20)21/h5-6,9-11,13H,2-4,7-8,12H2,1H3,(H,20,21)/b18-11?,19-16-. The van der Waals surface area contributed by atoms with Crippen molar-refractivity contribution in [2.24, 2.45) is 16.2 Å². The Balaban J connectivity index is 1.94. The molecule has 1 aliphatic rings. The van der Waals surface area contributed by atoms with Crippen LogP contribution in [0.4, 0.5) is 0 Å². The predicted molar refractivity (Wildman–Crippen MR) is 87.7 cm³/mol. The van der Waals surface area contributed by atoms with Gasteiger partial charge in [-0.2, -0.15) is 0 Å². The first kappa shape index (κ1) is 17.0. The minimum absolute atomic E-state index is 0.101. The molecule has 2 rings (SSSR count). The SMILES string of the molecule is CO/N=C(/C=NOCc1ccccc1C(=O)O)C1CCCCC1. The van der Waals surface area contributed by atoms with Crippen LogP contribution in [0.15, 0.2) is 34.6 Å². The monoisotopic (exact) mass is 318 g/mol. The number of carboxylic acids is 1. The van der Waals surface area contributed by atoms with Crippen molar-refractivity contribution in [3.05, 3.63) is 35.4 Å². The molecule has 0 radical (unpaired) electrons. The second-order valence-corrected chi connectivity index (χ2v) is 5.50. The Hall–Kier alpha value is -2.37. The fourth-order valence-corrected chi connectivity index (χ4v) is 2.76. The molecule has 1 aromatic rings. The van der Waals surface area contributed by atoms with E-state index >= 15 is 0 Å². The van der Waals surface area contributed by atoms with E-state index in [1.54, 1.807) is 30.5 Å². The fourth-order valence-electron chi connectivity index (χ4n) is 2.76. The molecular weight excluding hydrogens is 296 g/mol. The first-order valence-corrected chi connectivity index (χ1v) is 7.80. The van der Waals surface area contributed by atoms with Crippen LogP contribution in [0.25, 0.3) is 0 Å². The number of hydrogen-bond acceptors (Lipinski definition) is 5. The molecule has 23 heavy (non-hydrogen) atoms. The van der Waals surface area contributed by atoms with Crippen molar-refractivity contribution in [3.63, 3.8) is 0 Å². The average molecular weight is 318 g/mol. The van der Waals surface area contributed by atoms with Crippen molar-refractivity contribution in [3.8, 4) is 0 Å². The van der Waals surface area contributed by atoms with Gasteiger partial charge in [-0.25, -0.2) is 4.79 Å². The molecule has 0 heterocycles. The molecule has 0 bridgehead atoms. The van der Waals surface area contributed by atoms with E-state index in [9.17, 15) is 4.79 Å². The number of aromatic carboxylic acids is 1. The number of nitrogens with zero attached hydrogens (tertiary/aromatic N) is 2. The van der Waals surface area contributed by atoms with Crippen LogP contribution in [0, 0.1) is 5.92 Å². The quantitative estimate of drug-likeness (QED) is 0.616. The van der Waals surface area contributed by atoms with Crippen LogP contribution in [0.2, 0.25) is 0 Å².